The molecule has 3 aromatic rings. The molecule has 7 heteroatoms. The molecule has 1 heterocycles. The first kappa shape index (κ1) is 23.9. The Balaban J connectivity index is 1.03. The van der Waals surface area contributed by atoms with E-state index in [4.69, 9.17) is 9.47 Å². The number of carbonyl (C=O) groups is 4. The Labute approximate surface area is 219 Å². The fourth-order valence-corrected chi connectivity index (χ4v) is 5.68. The number of carbonyl (C=O) groups excluding carboxylic acids is 4. The molecule has 3 aliphatic rings. The highest BCUT2D eigenvalue weighted by atomic mass is 16.5. The van der Waals surface area contributed by atoms with E-state index in [1.807, 2.05) is 30.3 Å². The van der Waals surface area contributed by atoms with Crippen molar-refractivity contribution in [1.82, 2.24) is 0 Å². The van der Waals surface area contributed by atoms with Gasteiger partial charge in [0.15, 0.2) is 12.4 Å². The summed E-state index contributed by atoms with van der Waals surface area (Å²) in [5.41, 5.74) is 2.11. The molecule has 38 heavy (non-hydrogen) atoms. The molecule has 2 bridgehead atoms. The van der Waals surface area contributed by atoms with Crippen LogP contribution in [0.2, 0.25) is 0 Å². The van der Waals surface area contributed by atoms with Crippen LogP contribution in [-0.4, -0.2) is 30.2 Å². The summed E-state index contributed by atoms with van der Waals surface area (Å²) < 4.78 is 10.9. The number of rotatable bonds is 8. The summed E-state index contributed by atoms with van der Waals surface area (Å²) in [6, 6.07) is 22.6. The van der Waals surface area contributed by atoms with Crippen molar-refractivity contribution in [3.8, 4) is 5.75 Å². The van der Waals surface area contributed by atoms with E-state index in [0.717, 1.165) is 12.0 Å². The Hall–Kier alpha value is -4.52. The minimum Gasteiger partial charge on any atom is -0.489 e. The van der Waals surface area contributed by atoms with Crippen molar-refractivity contribution >= 4 is 29.3 Å². The average molecular weight is 508 g/mol. The van der Waals surface area contributed by atoms with Gasteiger partial charge in [0.05, 0.1) is 23.1 Å². The van der Waals surface area contributed by atoms with Crippen molar-refractivity contribution in [3.05, 3.63) is 108 Å². The Morgan fingerprint density at radius 1 is 0.763 bits per heavy atom. The summed E-state index contributed by atoms with van der Waals surface area (Å²) in [6.45, 7) is 0.0110. The predicted octanol–water partition coefficient (Wildman–Crippen LogP) is 4.62. The average Bonchev–Trinajstić information content (AvgIpc) is 3.65. The number of nitrogens with zero attached hydrogens (tertiary/aromatic N) is 1. The van der Waals surface area contributed by atoms with Gasteiger partial charge in [-0.1, -0.05) is 42.5 Å². The number of amides is 2. The van der Waals surface area contributed by atoms with Crippen molar-refractivity contribution in [1.29, 1.82) is 0 Å². The predicted molar refractivity (Wildman–Crippen MR) is 138 cm³/mol. The van der Waals surface area contributed by atoms with E-state index in [0.29, 0.717) is 23.6 Å². The molecule has 2 fully saturated rings. The second-order valence-corrected chi connectivity index (χ2v) is 9.86. The molecule has 0 radical (unpaired) electrons. The van der Waals surface area contributed by atoms with Crippen molar-refractivity contribution in [2.75, 3.05) is 11.5 Å². The summed E-state index contributed by atoms with van der Waals surface area (Å²) in [5.74, 6) is -1.00. The van der Waals surface area contributed by atoms with E-state index in [9.17, 15) is 19.2 Å². The number of fused-ring (bicyclic) bond motifs is 5. The molecule has 0 unspecified atom stereocenters. The van der Waals surface area contributed by atoms with Gasteiger partial charge in [-0.2, -0.15) is 0 Å². The minimum atomic E-state index is -0.661. The molecule has 0 aromatic heterocycles. The topological polar surface area (TPSA) is 90.0 Å². The van der Waals surface area contributed by atoms with Gasteiger partial charge in [-0.05, 0) is 72.4 Å². The number of esters is 1. The maximum atomic E-state index is 13.0. The first-order valence-electron chi connectivity index (χ1n) is 12.6. The number of anilines is 1. The van der Waals surface area contributed by atoms with Crippen LogP contribution in [0, 0.1) is 23.7 Å². The fourth-order valence-electron chi connectivity index (χ4n) is 5.68. The van der Waals surface area contributed by atoms with Gasteiger partial charge in [-0.15, -0.1) is 0 Å². The third-order valence-corrected chi connectivity index (χ3v) is 7.59. The molecule has 1 saturated heterocycles. The van der Waals surface area contributed by atoms with Crippen LogP contribution in [0.15, 0.2) is 91.0 Å². The Morgan fingerprint density at radius 3 is 2.00 bits per heavy atom. The van der Waals surface area contributed by atoms with Crippen LogP contribution in [0.1, 0.15) is 32.7 Å². The van der Waals surface area contributed by atoms with E-state index in [1.54, 1.807) is 36.4 Å². The van der Waals surface area contributed by atoms with E-state index in [2.05, 4.69) is 12.2 Å². The number of ether oxygens (including phenoxy) is 2. The zero-order valence-electron chi connectivity index (χ0n) is 20.5. The second-order valence-electron chi connectivity index (χ2n) is 9.86. The van der Waals surface area contributed by atoms with Crippen LogP contribution in [0.4, 0.5) is 5.69 Å². The van der Waals surface area contributed by atoms with Crippen LogP contribution in [-0.2, 0) is 20.9 Å². The van der Waals surface area contributed by atoms with Gasteiger partial charge < -0.3 is 9.47 Å². The van der Waals surface area contributed by atoms with E-state index < -0.39 is 12.6 Å². The zero-order chi connectivity index (χ0) is 26.2. The molecular formula is C31H25NO6. The lowest BCUT2D eigenvalue weighted by Gasteiger charge is -2.17. The maximum Gasteiger partial charge on any atom is 0.338 e. The largest absolute Gasteiger partial charge is 0.489 e. The number of allylic oxidation sites excluding steroid dienone is 2. The summed E-state index contributed by atoms with van der Waals surface area (Å²) in [5, 5.41) is 0. The van der Waals surface area contributed by atoms with Gasteiger partial charge in [-0.3, -0.25) is 19.3 Å². The molecule has 1 saturated carbocycles. The number of hydrogen-bond donors (Lipinski definition) is 0. The third kappa shape index (κ3) is 4.30. The smallest absolute Gasteiger partial charge is 0.338 e. The highest BCUT2D eigenvalue weighted by Crippen LogP contribution is 2.53. The van der Waals surface area contributed by atoms with Gasteiger partial charge in [0, 0.05) is 5.56 Å². The lowest BCUT2D eigenvalue weighted by atomic mass is 9.85. The molecule has 1 aliphatic heterocycles. The molecule has 0 N–H and O–H groups in total. The van der Waals surface area contributed by atoms with Crippen LogP contribution < -0.4 is 9.64 Å². The quantitative estimate of drug-likeness (QED) is 0.191. The first-order valence-corrected chi connectivity index (χ1v) is 12.6. The highest BCUT2D eigenvalue weighted by molar-refractivity contribution is 6.22. The fraction of sp³-hybridized carbons (Fsp3) is 0.226. The molecule has 3 aromatic carbocycles. The Bertz CT molecular complexity index is 1400. The zero-order valence-corrected chi connectivity index (χ0v) is 20.5. The molecule has 2 amide bonds. The SMILES string of the molecule is O=C(COC(=O)c1ccc(N2C(=O)[C@H]3[C@H](C2=O)[C@H]2C=C[C@H]3C2)cc1)c1ccc(OCc2ccccc2)cc1. The molecule has 4 atom stereocenters. The monoisotopic (exact) mass is 507 g/mol. The normalized spacial score (nSPS) is 23.0. The molecule has 2 aliphatic carbocycles. The van der Waals surface area contributed by atoms with Crippen LogP contribution in [0.25, 0.3) is 0 Å². The van der Waals surface area contributed by atoms with Crippen LogP contribution in [0.5, 0.6) is 5.75 Å². The first-order chi connectivity index (χ1) is 18.5. The van der Waals surface area contributed by atoms with Crippen molar-refractivity contribution < 1.29 is 28.7 Å². The standard InChI is InChI=1S/C31H25NO6/c33-26(20-10-14-25(15-11-20)37-17-19-4-2-1-3-5-19)18-38-31(36)21-8-12-24(13-9-21)32-29(34)27-22-6-7-23(16-22)28(27)30(32)35/h1-15,22-23,27-28H,16-18H2/t22-,23-,27+,28+/m0/s1. The van der Waals surface area contributed by atoms with Gasteiger partial charge in [-0.25, -0.2) is 4.79 Å². The Kier molecular flexibility index (Phi) is 6.12. The third-order valence-electron chi connectivity index (χ3n) is 7.59. The van der Waals surface area contributed by atoms with Gasteiger partial charge in [0.2, 0.25) is 11.8 Å². The van der Waals surface area contributed by atoms with Crippen LogP contribution in [0.3, 0.4) is 0 Å². The summed E-state index contributed by atoms with van der Waals surface area (Å²) in [7, 11) is 0. The minimum absolute atomic E-state index is 0.135. The molecule has 190 valence electrons. The highest BCUT2D eigenvalue weighted by Gasteiger charge is 2.59. The molecule has 6 rings (SSSR count). The van der Waals surface area contributed by atoms with Crippen LogP contribution >= 0.6 is 0 Å². The van der Waals surface area contributed by atoms with Gasteiger partial charge >= 0.3 is 5.97 Å². The van der Waals surface area contributed by atoms with Gasteiger partial charge in [0.1, 0.15) is 12.4 Å². The summed E-state index contributed by atoms with van der Waals surface area (Å²) >= 11 is 0. The maximum absolute atomic E-state index is 13.0. The second kappa shape index (κ2) is 9.74. The number of Topliss-reactive ketones (excluding diaryl/α,β-unsaturated/α-hetero) is 1. The Morgan fingerprint density at radius 2 is 1.37 bits per heavy atom. The number of ketones is 1. The number of benzene rings is 3. The lowest BCUT2D eigenvalue weighted by Crippen LogP contribution is -2.32. The number of imide groups is 1. The van der Waals surface area contributed by atoms with Crippen molar-refractivity contribution in [3.63, 3.8) is 0 Å². The molecule has 0 spiro atoms. The summed E-state index contributed by atoms with van der Waals surface area (Å²) in [4.78, 5) is 52.2. The lowest BCUT2D eigenvalue weighted by molar-refractivity contribution is -0.123. The molecule has 7 nitrogen and oxygen atoms in total. The van der Waals surface area contributed by atoms with E-state index in [-0.39, 0.29) is 46.8 Å². The van der Waals surface area contributed by atoms with Gasteiger partial charge in [0.25, 0.3) is 0 Å². The van der Waals surface area contributed by atoms with Crippen molar-refractivity contribution in [2.45, 2.75) is 13.0 Å². The van der Waals surface area contributed by atoms with E-state index in [1.165, 1.54) is 17.0 Å². The summed E-state index contributed by atoms with van der Waals surface area (Å²) in [6.07, 6.45) is 4.97. The van der Waals surface area contributed by atoms with Crippen molar-refractivity contribution in [2.24, 2.45) is 23.7 Å². The molecular weight excluding hydrogens is 482 g/mol. The van der Waals surface area contributed by atoms with E-state index >= 15 is 0 Å². The number of hydrogen-bond acceptors (Lipinski definition) is 6.